The van der Waals surface area contributed by atoms with Crippen LogP contribution in [0.3, 0.4) is 0 Å². The number of likely N-dealkylation sites (tertiary alicyclic amines) is 1. The van der Waals surface area contributed by atoms with Crippen LogP contribution in [0.1, 0.15) is 69.2 Å². The van der Waals surface area contributed by atoms with E-state index < -0.39 is 46.8 Å². The monoisotopic (exact) mass is 666 g/mol. The first kappa shape index (κ1) is 33.8. The molecule has 2 fully saturated rings. The standard InChI is InChI=1S/C37H41F3N2O6/c1-6-18-41-19-17-35-32-26-10-13-29(46-23(4)43)33(32)47-34(35)28(15-16-36(35,30(41)20-26)48-24(5)44)42(21-22(2)3)31(45)14-9-25-7-11-27(12-8-25)37(38,39)40/h6-14,22,28,30,34H,1,15-21H2,2-5H3/b14-9+/t28?,30-,34?,35+,36-/m1/s1. The van der Waals surface area contributed by atoms with Crippen LogP contribution in [0.5, 0.6) is 11.5 Å². The van der Waals surface area contributed by atoms with Crippen LogP contribution < -0.4 is 9.47 Å². The van der Waals surface area contributed by atoms with Crippen LogP contribution in [0.2, 0.25) is 0 Å². The average Bonchev–Trinajstić information content (AvgIpc) is 3.36. The van der Waals surface area contributed by atoms with Crippen molar-refractivity contribution in [1.82, 2.24) is 9.80 Å². The van der Waals surface area contributed by atoms with Gasteiger partial charge in [-0.1, -0.05) is 38.1 Å². The van der Waals surface area contributed by atoms with Crippen LogP contribution >= 0.6 is 0 Å². The van der Waals surface area contributed by atoms with Crippen LogP contribution in [0, 0.1) is 5.92 Å². The lowest BCUT2D eigenvalue weighted by molar-refractivity contribution is -0.223. The largest absolute Gasteiger partial charge is 0.483 e. The van der Waals surface area contributed by atoms with Gasteiger partial charge in [-0.25, -0.2) is 0 Å². The average molecular weight is 667 g/mol. The second-order valence-corrected chi connectivity index (χ2v) is 13.7. The minimum Gasteiger partial charge on any atom is -0.483 e. The van der Waals surface area contributed by atoms with E-state index in [1.54, 1.807) is 11.0 Å². The highest BCUT2D eigenvalue weighted by Crippen LogP contribution is 2.67. The van der Waals surface area contributed by atoms with Gasteiger partial charge >= 0.3 is 18.1 Å². The van der Waals surface area contributed by atoms with Crippen molar-refractivity contribution >= 4 is 23.9 Å². The second kappa shape index (κ2) is 12.4. The molecule has 1 saturated carbocycles. The molecule has 2 aliphatic heterocycles. The summed E-state index contributed by atoms with van der Waals surface area (Å²) in [6, 6.07) is 7.73. The number of carbonyl (C=O) groups excluding carboxylic acids is 3. The maximum absolute atomic E-state index is 14.1. The number of rotatable bonds is 9. The zero-order chi connectivity index (χ0) is 34.6. The molecule has 1 spiro atoms. The zero-order valence-corrected chi connectivity index (χ0v) is 27.6. The fourth-order valence-electron chi connectivity index (χ4n) is 8.80. The Morgan fingerprint density at radius 2 is 1.83 bits per heavy atom. The molecule has 11 heteroatoms. The third kappa shape index (κ3) is 5.49. The molecule has 2 aromatic carbocycles. The van der Waals surface area contributed by atoms with Gasteiger partial charge in [-0.15, -0.1) is 6.58 Å². The lowest BCUT2D eigenvalue weighted by Gasteiger charge is -2.65. The summed E-state index contributed by atoms with van der Waals surface area (Å²) < 4.78 is 58.4. The topological polar surface area (TPSA) is 85.4 Å². The highest BCUT2D eigenvalue weighted by atomic mass is 19.4. The maximum Gasteiger partial charge on any atom is 0.416 e. The van der Waals surface area contributed by atoms with Gasteiger partial charge in [0, 0.05) is 45.1 Å². The van der Waals surface area contributed by atoms with Crippen LogP contribution in [-0.4, -0.2) is 71.1 Å². The summed E-state index contributed by atoms with van der Waals surface area (Å²) in [6.07, 6.45) is 1.78. The molecule has 2 heterocycles. The first-order valence-corrected chi connectivity index (χ1v) is 16.4. The summed E-state index contributed by atoms with van der Waals surface area (Å²) in [4.78, 5) is 43.4. The smallest absolute Gasteiger partial charge is 0.416 e. The summed E-state index contributed by atoms with van der Waals surface area (Å²) >= 11 is 0. The van der Waals surface area contributed by atoms with Crippen LogP contribution in [0.15, 0.2) is 55.1 Å². The number of piperidine rings is 1. The molecule has 1 amide bonds. The van der Waals surface area contributed by atoms with Crippen molar-refractivity contribution in [3.63, 3.8) is 0 Å². The van der Waals surface area contributed by atoms with Gasteiger partial charge in [0.05, 0.1) is 23.1 Å². The van der Waals surface area contributed by atoms with Gasteiger partial charge in [0.15, 0.2) is 11.5 Å². The zero-order valence-electron chi connectivity index (χ0n) is 27.6. The van der Waals surface area contributed by atoms with E-state index in [-0.39, 0.29) is 23.6 Å². The summed E-state index contributed by atoms with van der Waals surface area (Å²) in [6.45, 7) is 12.4. The van der Waals surface area contributed by atoms with E-state index in [1.807, 2.05) is 26.0 Å². The Hall–Kier alpha value is -4.12. The highest BCUT2D eigenvalue weighted by molar-refractivity contribution is 5.92. The van der Waals surface area contributed by atoms with Crippen molar-refractivity contribution in [2.45, 2.75) is 88.8 Å². The quantitative estimate of drug-likeness (QED) is 0.138. The van der Waals surface area contributed by atoms with Crippen molar-refractivity contribution in [2.24, 2.45) is 5.92 Å². The molecule has 6 rings (SSSR count). The number of benzene rings is 2. The van der Waals surface area contributed by atoms with E-state index in [0.29, 0.717) is 56.6 Å². The molecule has 2 bridgehead atoms. The molecule has 8 nitrogen and oxygen atoms in total. The Morgan fingerprint density at radius 3 is 2.46 bits per heavy atom. The molecule has 0 N–H and O–H groups in total. The number of amides is 1. The summed E-state index contributed by atoms with van der Waals surface area (Å²) in [5, 5.41) is 0. The predicted octanol–water partition coefficient (Wildman–Crippen LogP) is 6.11. The van der Waals surface area contributed by atoms with E-state index in [0.717, 1.165) is 23.3 Å². The van der Waals surface area contributed by atoms with E-state index >= 15 is 0 Å². The van der Waals surface area contributed by atoms with E-state index in [9.17, 15) is 27.6 Å². The molecular formula is C37H41F3N2O6. The molecule has 48 heavy (non-hydrogen) atoms. The Bertz CT molecular complexity index is 1650. The number of halogens is 3. The Balaban J connectivity index is 1.45. The molecule has 4 aliphatic rings. The molecule has 0 radical (unpaired) electrons. The lowest BCUT2D eigenvalue weighted by Crippen LogP contribution is -2.79. The number of esters is 2. The van der Waals surface area contributed by atoms with Crippen molar-refractivity contribution in [3.8, 4) is 11.5 Å². The van der Waals surface area contributed by atoms with E-state index in [1.165, 1.54) is 38.1 Å². The van der Waals surface area contributed by atoms with Crippen molar-refractivity contribution in [2.75, 3.05) is 19.6 Å². The number of nitrogens with zero attached hydrogens (tertiary/aromatic N) is 2. The van der Waals surface area contributed by atoms with Gasteiger partial charge in [0.1, 0.15) is 11.7 Å². The van der Waals surface area contributed by atoms with E-state index in [4.69, 9.17) is 14.2 Å². The van der Waals surface area contributed by atoms with Crippen molar-refractivity contribution in [1.29, 1.82) is 0 Å². The van der Waals surface area contributed by atoms with Gasteiger partial charge in [-0.3, -0.25) is 19.3 Å². The van der Waals surface area contributed by atoms with Gasteiger partial charge in [0.2, 0.25) is 5.91 Å². The minimum atomic E-state index is -4.46. The molecule has 2 aromatic rings. The number of ether oxygens (including phenoxy) is 3. The molecular weight excluding hydrogens is 625 g/mol. The van der Waals surface area contributed by atoms with E-state index in [2.05, 4.69) is 11.5 Å². The van der Waals surface area contributed by atoms with Gasteiger partial charge in [0.25, 0.3) is 0 Å². The molecule has 2 unspecified atom stereocenters. The Morgan fingerprint density at radius 1 is 1.10 bits per heavy atom. The van der Waals surface area contributed by atoms with Crippen molar-refractivity contribution in [3.05, 3.63) is 77.4 Å². The number of carbonyl (C=O) groups is 3. The molecule has 1 saturated heterocycles. The lowest BCUT2D eigenvalue weighted by atomic mass is 9.48. The normalized spacial score (nSPS) is 27.3. The Kier molecular flexibility index (Phi) is 8.72. The maximum atomic E-state index is 14.1. The number of hydrogen-bond donors (Lipinski definition) is 0. The Labute approximate surface area is 278 Å². The van der Waals surface area contributed by atoms with Gasteiger partial charge in [-0.2, -0.15) is 13.2 Å². The molecule has 0 aromatic heterocycles. The van der Waals surface area contributed by atoms with Crippen LogP contribution in [-0.2, 0) is 37.1 Å². The third-order valence-corrected chi connectivity index (χ3v) is 10.3. The first-order valence-electron chi connectivity index (χ1n) is 16.4. The summed E-state index contributed by atoms with van der Waals surface area (Å²) in [5.41, 5.74) is -0.215. The highest BCUT2D eigenvalue weighted by Gasteiger charge is 2.75. The van der Waals surface area contributed by atoms with Gasteiger partial charge < -0.3 is 19.1 Å². The molecule has 256 valence electrons. The van der Waals surface area contributed by atoms with Gasteiger partial charge in [-0.05, 0) is 67.0 Å². The summed E-state index contributed by atoms with van der Waals surface area (Å²) in [5.74, 6) is -0.387. The fourth-order valence-corrected chi connectivity index (χ4v) is 8.80. The van der Waals surface area contributed by atoms with Crippen molar-refractivity contribution < 1.29 is 41.8 Å². The minimum absolute atomic E-state index is 0.0792. The molecule has 5 atom stereocenters. The fraction of sp³-hybridized carbons (Fsp3) is 0.486. The van der Waals surface area contributed by atoms with Crippen LogP contribution in [0.4, 0.5) is 13.2 Å². The van der Waals surface area contributed by atoms with Crippen LogP contribution in [0.25, 0.3) is 6.08 Å². The summed E-state index contributed by atoms with van der Waals surface area (Å²) in [7, 11) is 0. The first-order chi connectivity index (χ1) is 22.7. The predicted molar refractivity (Wildman–Crippen MR) is 172 cm³/mol. The second-order valence-electron chi connectivity index (χ2n) is 13.7. The number of alkyl halides is 3. The number of hydrogen-bond acceptors (Lipinski definition) is 7. The molecule has 2 aliphatic carbocycles. The SMILES string of the molecule is C=CCN1CC[C@]23c4c5ccc(OC(C)=O)c4OC2C(N(CC(C)C)C(=O)/C=C/c2ccc(C(F)(F)F)cc2)CC[C@@]3(OC(C)=O)[C@H]1C5. The third-order valence-electron chi connectivity index (χ3n) is 10.3.